The normalized spacial score (nSPS) is 9.83. The molecule has 0 atom stereocenters. The third-order valence-electron chi connectivity index (χ3n) is 1.38. The van der Waals surface area contributed by atoms with Gasteiger partial charge in [0, 0.05) is 6.20 Å². The van der Waals surface area contributed by atoms with Crippen LogP contribution in [0.15, 0.2) is 6.20 Å². The van der Waals surface area contributed by atoms with Crippen molar-refractivity contribution in [2.45, 2.75) is 13.6 Å². The van der Waals surface area contributed by atoms with Crippen molar-refractivity contribution in [3.8, 4) is 0 Å². The molecule has 0 aliphatic heterocycles. The minimum atomic E-state index is -1.10. The molecule has 0 saturated heterocycles. The van der Waals surface area contributed by atoms with Gasteiger partial charge >= 0.3 is 5.97 Å². The molecule has 0 aromatic carbocycles. The van der Waals surface area contributed by atoms with Crippen LogP contribution in [0.3, 0.4) is 0 Å². The van der Waals surface area contributed by atoms with E-state index in [1.165, 1.54) is 6.92 Å². The summed E-state index contributed by atoms with van der Waals surface area (Å²) in [5.74, 6) is -1.09. The molecule has 5 heteroatoms. The summed E-state index contributed by atoms with van der Waals surface area (Å²) in [6, 6.07) is 0. The molecule has 0 aliphatic carbocycles. The number of rotatable bonds is 2. The summed E-state index contributed by atoms with van der Waals surface area (Å²) in [5, 5.41) is 8.56. The van der Waals surface area contributed by atoms with Gasteiger partial charge in [-0.3, -0.25) is 0 Å². The molecule has 0 spiro atoms. The van der Waals surface area contributed by atoms with E-state index >= 15 is 0 Å². The molecule has 0 amide bonds. The maximum atomic E-state index is 12.0. The van der Waals surface area contributed by atoms with Crippen molar-refractivity contribution in [3.05, 3.63) is 23.3 Å². The standard InChI is InChI=1S/C7H7FN2O2/c1-4-5(7(11)12)3-9-6(2-8)10-4/h3H,2H2,1H3,(H,11,12). The lowest BCUT2D eigenvalue weighted by Crippen LogP contribution is -2.05. The molecule has 1 aromatic rings. The summed E-state index contributed by atoms with van der Waals surface area (Å²) >= 11 is 0. The molecule has 0 aliphatic rings. The second-order valence-corrected chi connectivity index (χ2v) is 2.22. The molecule has 12 heavy (non-hydrogen) atoms. The molecule has 0 bridgehead atoms. The van der Waals surface area contributed by atoms with Crippen molar-refractivity contribution in [1.29, 1.82) is 0 Å². The zero-order valence-corrected chi connectivity index (χ0v) is 6.41. The number of alkyl halides is 1. The minimum Gasteiger partial charge on any atom is -0.478 e. The van der Waals surface area contributed by atoms with E-state index in [1.807, 2.05) is 0 Å². The van der Waals surface area contributed by atoms with Gasteiger partial charge in [0.15, 0.2) is 5.82 Å². The van der Waals surface area contributed by atoms with Crippen molar-refractivity contribution in [2.24, 2.45) is 0 Å². The first kappa shape index (κ1) is 8.58. The number of aromatic carboxylic acids is 1. The molecule has 0 saturated carbocycles. The topological polar surface area (TPSA) is 63.1 Å². The maximum absolute atomic E-state index is 12.0. The van der Waals surface area contributed by atoms with Crippen LogP contribution in [0.4, 0.5) is 4.39 Å². The average Bonchev–Trinajstić information content (AvgIpc) is 2.03. The number of carboxylic acid groups (broad SMARTS) is 1. The average molecular weight is 170 g/mol. The summed E-state index contributed by atoms with van der Waals surface area (Å²) < 4.78 is 12.0. The number of aromatic nitrogens is 2. The predicted molar refractivity (Wildman–Crippen MR) is 38.5 cm³/mol. The zero-order valence-electron chi connectivity index (χ0n) is 6.41. The van der Waals surface area contributed by atoms with E-state index in [-0.39, 0.29) is 17.1 Å². The van der Waals surface area contributed by atoms with E-state index < -0.39 is 12.6 Å². The van der Waals surface area contributed by atoms with Gasteiger partial charge < -0.3 is 5.11 Å². The fourth-order valence-corrected chi connectivity index (χ4v) is 0.790. The van der Waals surface area contributed by atoms with Crippen molar-refractivity contribution >= 4 is 5.97 Å². The van der Waals surface area contributed by atoms with Crippen LogP contribution in [-0.4, -0.2) is 21.0 Å². The Morgan fingerprint density at radius 3 is 2.83 bits per heavy atom. The van der Waals surface area contributed by atoms with Crippen LogP contribution in [0.5, 0.6) is 0 Å². The van der Waals surface area contributed by atoms with Crippen molar-refractivity contribution in [2.75, 3.05) is 0 Å². The summed E-state index contributed by atoms with van der Waals surface area (Å²) in [5.41, 5.74) is 0.289. The maximum Gasteiger partial charge on any atom is 0.339 e. The number of hydrogen-bond donors (Lipinski definition) is 1. The number of nitrogens with zero attached hydrogens (tertiary/aromatic N) is 2. The first-order valence-electron chi connectivity index (χ1n) is 3.27. The number of carboxylic acids is 1. The highest BCUT2D eigenvalue weighted by molar-refractivity contribution is 5.88. The van der Waals surface area contributed by atoms with Crippen molar-refractivity contribution in [3.63, 3.8) is 0 Å². The second-order valence-electron chi connectivity index (χ2n) is 2.22. The Labute approximate surface area is 68.1 Å². The SMILES string of the molecule is Cc1nc(CF)ncc1C(=O)O. The molecular weight excluding hydrogens is 163 g/mol. The third-order valence-corrected chi connectivity index (χ3v) is 1.38. The summed E-state index contributed by atoms with van der Waals surface area (Å²) in [6.07, 6.45) is 1.11. The van der Waals surface area contributed by atoms with Gasteiger partial charge in [0.25, 0.3) is 0 Å². The number of carbonyl (C=O) groups is 1. The van der Waals surface area contributed by atoms with Crippen LogP contribution in [0.25, 0.3) is 0 Å². The lowest BCUT2D eigenvalue weighted by atomic mass is 10.2. The summed E-state index contributed by atoms with van der Waals surface area (Å²) in [4.78, 5) is 17.6. The van der Waals surface area contributed by atoms with E-state index in [0.29, 0.717) is 0 Å². The Morgan fingerprint density at radius 2 is 2.42 bits per heavy atom. The van der Waals surface area contributed by atoms with Crippen molar-refractivity contribution in [1.82, 2.24) is 9.97 Å². The van der Waals surface area contributed by atoms with Crippen LogP contribution >= 0.6 is 0 Å². The molecule has 1 rings (SSSR count). The highest BCUT2D eigenvalue weighted by Gasteiger charge is 2.08. The van der Waals surface area contributed by atoms with Gasteiger partial charge in [0.2, 0.25) is 0 Å². The van der Waals surface area contributed by atoms with Crippen molar-refractivity contribution < 1.29 is 14.3 Å². The number of hydrogen-bond acceptors (Lipinski definition) is 3. The Balaban J connectivity index is 3.12. The Hall–Kier alpha value is -1.52. The van der Waals surface area contributed by atoms with Gasteiger partial charge in [-0.2, -0.15) is 0 Å². The Kier molecular flexibility index (Phi) is 2.32. The number of halogens is 1. The summed E-state index contributed by atoms with van der Waals surface area (Å²) in [7, 11) is 0. The molecule has 0 unspecified atom stereocenters. The fraction of sp³-hybridized carbons (Fsp3) is 0.286. The first-order valence-corrected chi connectivity index (χ1v) is 3.27. The molecular formula is C7H7FN2O2. The van der Waals surface area contributed by atoms with E-state index in [0.717, 1.165) is 6.20 Å². The summed E-state index contributed by atoms with van der Waals surface area (Å²) in [6.45, 7) is 0.727. The highest BCUT2D eigenvalue weighted by Crippen LogP contribution is 2.04. The molecule has 0 radical (unpaired) electrons. The largest absolute Gasteiger partial charge is 0.478 e. The Bertz CT molecular complexity index is 314. The smallest absolute Gasteiger partial charge is 0.339 e. The third kappa shape index (κ3) is 1.55. The van der Waals surface area contributed by atoms with Gasteiger partial charge in [-0.05, 0) is 6.92 Å². The molecule has 0 fully saturated rings. The van der Waals surface area contributed by atoms with Crippen LogP contribution in [0, 0.1) is 6.92 Å². The quantitative estimate of drug-likeness (QED) is 0.717. The van der Waals surface area contributed by atoms with Crippen LogP contribution in [0.2, 0.25) is 0 Å². The molecule has 1 N–H and O–H groups in total. The van der Waals surface area contributed by atoms with E-state index in [4.69, 9.17) is 5.11 Å². The molecule has 64 valence electrons. The number of aryl methyl sites for hydroxylation is 1. The highest BCUT2D eigenvalue weighted by atomic mass is 19.1. The van der Waals surface area contributed by atoms with Gasteiger partial charge in [-0.15, -0.1) is 0 Å². The lowest BCUT2D eigenvalue weighted by Gasteiger charge is -1.99. The monoisotopic (exact) mass is 170 g/mol. The predicted octanol–water partition coefficient (Wildman–Crippen LogP) is 0.953. The van der Waals surface area contributed by atoms with Crippen LogP contribution < -0.4 is 0 Å². The molecule has 1 aromatic heterocycles. The van der Waals surface area contributed by atoms with Gasteiger partial charge in [0.1, 0.15) is 6.67 Å². The fourth-order valence-electron chi connectivity index (χ4n) is 0.790. The Morgan fingerprint density at radius 1 is 1.75 bits per heavy atom. The van der Waals surface area contributed by atoms with Gasteiger partial charge in [-0.1, -0.05) is 0 Å². The molecule has 4 nitrogen and oxygen atoms in total. The van der Waals surface area contributed by atoms with Gasteiger partial charge in [0.05, 0.1) is 11.3 Å². The van der Waals surface area contributed by atoms with Crippen LogP contribution in [-0.2, 0) is 6.67 Å². The van der Waals surface area contributed by atoms with E-state index in [9.17, 15) is 9.18 Å². The zero-order chi connectivity index (χ0) is 9.14. The minimum absolute atomic E-state index is 0.00667. The van der Waals surface area contributed by atoms with Crippen LogP contribution in [0.1, 0.15) is 21.9 Å². The van der Waals surface area contributed by atoms with E-state index in [1.54, 1.807) is 0 Å². The molecule has 1 heterocycles. The van der Waals surface area contributed by atoms with Gasteiger partial charge in [-0.25, -0.2) is 19.2 Å². The van der Waals surface area contributed by atoms with E-state index in [2.05, 4.69) is 9.97 Å². The lowest BCUT2D eigenvalue weighted by molar-refractivity contribution is 0.0695. The second kappa shape index (κ2) is 3.25. The first-order chi connectivity index (χ1) is 5.65.